The van der Waals surface area contributed by atoms with Crippen LogP contribution in [0.2, 0.25) is 0 Å². The maximum Gasteiger partial charge on any atom is 0.408 e. The first kappa shape index (κ1) is 17.8. The van der Waals surface area contributed by atoms with Crippen molar-refractivity contribution in [1.82, 2.24) is 5.32 Å². The van der Waals surface area contributed by atoms with Crippen molar-refractivity contribution in [3.8, 4) is 0 Å². The van der Waals surface area contributed by atoms with Gasteiger partial charge in [0.1, 0.15) is 11.6 Å². The van der Waals surface area contributed by atoms with E-state index in [4.69, 9.17) is 9.84 Å². The number of thiophene rings is 1. The van der Waals surface area contributed by atoms with Gasteiger partial charge in [0.15, 0.2) is 0 Å². The summed E-state index contributed by atoms with van der Waals surface area (Å²) in [7, 11) is 0. The first-order valence-corrected chi connectivity index (χ1v) is 8.64. The summed E-state index contributed by atoms with van der Waals surface area (Å²) in [6, 6.07) is 3.12. The summed E-state index contributed by atoms with van der Waals surface area (Å²) in [5.41, 5.74) is -0.638. The van der Waals surface area contributed by atoms with E-state index in [9.17, 15) is 9.59 Å². The Balaban J connectivity index is 2.32. The third-order valence-corrected chi connectivity index (χ3v) is 4.46. The zero-order chi connectivity index (χ0) is 15.9. The highest BCUT2D eigenvalue weighted by Gasteiger charge is 2.23. The van der Waals surface area contributed by atoms with Crippen LogP contribution in [-0.2, 0) is 15.3 Å². The van der Waals surface area contributed by atoms with Crippen LogP contribution in [0, 0.1) is 0 Å². The lowest BCUT2D eigenvalue weighted by atomic mass is 10.2. The molecule has 1 rings (SSSR count). The SMILES string of the molecule is CC(C)(C)OC(=O)NC(CCSCc1cccs1)C(=O)O. The van der Waals surface area contributed by atoms with E-state index in [-0.39, 0.29) is 0 Å². The lowest BCUT2D eigenvalue weighted by Gasteiger charge is -2.21. The maximum absolute atomic E-state index is 11.6. The molecule has 7 heteroatoms. The standard InChI is InChI=1S/C14H21NO4S2/c1-14(2,3)19-13(18)15-11(12(16)17)6-8-20-9-10-5-4-7-21-10/h4-5,7,11H,6,8-9H2,1-3H3,(H,15,18)(H,16,17). The van der Waals surface area contributed by atoms with Crippen molar-refractivity contribution < 1.29 is 19.4 Å². The highest BCUT2D eigenvalue weighted by molar-refractivity contribution is 7.98. The molecule has 118 valence electrons. The molecule has 0 aliphatic rings. The van der Waals surface area contributed by atoms with Crippen LogP contribution in [-0.4, -0.2) is 34.6 Å². The molecule has 0 aliphatic heterocycles. The van der Waals surface area contributed by atoms with Gasteiger partial charge in [-0.05, 0) is 44.4 Å². The van der Waals surface area contributed by atoms with E-state index in [1.165, 1.54) is 4.88 Å². The Hall–Kier alpha value is -1.21. The van der Waals surface area contributed by atoms with Crippen molar-refractivity contribution in [3.63, 3.8) is 0 Å². The van der Waals surface area contributed by atoms with Crippen LogP contribution >= 0.6 is 23.1 Å². The molecule has 0 bridgehead atoms. The highest BCUT2D eigenvalue weighted by Crippen LogP contribution is 2.18. The molecule has 21 heavy (non-hydrogen) atoms. The zero-order valence-electron chi connectivity index (χ0n) is 12.4. The van der Waals surface area contributed by atoms with Gasteiger partial charge in [-0.2, -0.15) is 11.8 Å². The van der Waals surface area contributed by atoms with Crippen LogP contribution in [0.4, 0.5) is 4.79 Å². The third-order valence-electron chi connectivity index (χ3n) is 2.36. The molecule has 1 unspecified atom stereocenters. The van der Waals surface area contributed by atoms with Crippen molar-refractivity contribution >= 4 is 35.2 Å². The average Bonchev–Trinajstić information content (AvgIpc) is 2.83. The smallest absolute Gasteiger partial charge is 0.408 e. The van der Waals surface area contributed by atoms with Gasteiger partial charge in [-0.3, -0.25) is 0 Å². The summed E-state index contributed by atoms with van der Waals surface area (Å²) in [5.74, 6) is 0.471. The largest absolute Gasteiger partial charge is 0.480 e. The Kier molecular flexibility index (Phi) is 7.04. The van der Waals surface area contributed by atoms with Gasteiger partial charge >= 0.3 is 12.1 Å². The molecule has 0 aliphatic carbocycles. The van der Waals surface area contributed by atoms with E-state index in [0.29, 0.717) is 12.2 Å². The Morgan fingerprint density at radius 3 is 2.71 bits per heavy atom. The van der Waals surface area contributed by atoms with E-state index < -0.39 is 23.7 Å². The van der Waals surface area contributed by atoms with Crippen molar-refractivity contribution in [2.45, 2.75) is 44.6 Å². The molecule has 1 aromatic heterocycles. The van der Waals surface area contributed by atoms with Crippen LogP contribution < -0.4 is 5.32 Å². The Bertz CT molecular complexity index is 454. The number of nitrogens with one attached hydrogen (secondary N) is 1. The van der Waals surface area contributed by atoms with Crippen LogP contribution in [0.1, 0.15) is 32.1 Å². The summed E-state index contributed by atoms with van der Waals surface area (Å²) in [6.45, 7) is 5.21. The molecule has 0 saturated carbocycles. The van der Waals surface area contributed by atoms with Crippen molar-refractivity contribution in [1.29, 1.82) is 0 Å². The summed E-state index contributed by atoms with van der Waals surface area (Å²) >= 11 is 3.33. The zero-order valence-corrected chi connectivity index (χ0v) is 14.1. The summed E-state index contributed by atoms with van der Waals surface area (Å²) in [6.07, 6.45) is -0.330. The molecule has 1 heterocycles. The molecule has 0 aromatic carbocycles. The molecule has 0 fully saturated rings. The number of hydrogen-bond acceptors (Lipinski definition) is 5. The lowest BCUT2D eigenvalue weighted by molar-refractivity contribution is -0.139. The molecule has 0 radical (unpaired) electrons. The monoisotopic (exact) mass is 331 g/mol. The second-order valence-electron chi connectivity index (χ2n) is 5.46. The maximum atomic E-state index is 11.6. The topological polar surface area (TPSA) is 75.6 Å². The number of ether oxygens (including phenoxy) is 1. The second-order valence-corrected chi connectivity index (χ2v) is 7.60. The van der Waals surface area contributed by atoms with Crippen LogP contribution in [0.15, 0.2) is 17.5 Å². The Morgan fingerprint density at radius 1 is 1.48 bits per heavy atom. The van der Waals surface area contributed by atoms with Gasteiger partial charge in [-0.25, -0.2) is 9.59 Å². The summed E-state index contributed by atoms with van der Waals surface area (Å²) < 4.78 is 5.07. The van der Waals surface area contributed by atoms with Crippen molar-refractivity contribution in [3.05, 3.63) is 22.4 Å². The van der Waals surface area contributed by atoms with Gasteiger partial charge in [0.2, 0.25) is 0 Å². The number of carbonyl (C=O) groups is 2. The quantitative estimate of drug-likeness (QED) is 0.749. The molecule has 1 atom stereocenters. The molecule has 0 saturated heterocycles. The minimum atomic E-state index is -1.04. The molecule has 1 aromatic rings. The minimum absolute atomic E-state index is 0.366. The predicted molar refractivity (Wildman–Crippen MR) is 85.9 cm³/mol. The molecule has 2 N–H and O–H groups in total. The number of aliphatic carboxylic acids is 1. The van der Waals surface area contributed by atoms with Gasteiger partial charge in [-0.1, -0.05) is 6.07 Å². The first-order valence-electron chi connectivity index (χ1n) is 6.60. The fourth-order valence-corrected chi connectivity index (χ4v) is 3.33. The van der Waals surface area contributed by atoms with Crippen molar-refractivity contribution in [2.75, 3.05) is 5.75 Å². The number of amides is 1. The Labute approximate surface area is 133 Å². The molecule has 1 amide bonds. The number of alkyl carbamates (subject to hydrolysis) is 1. The number of hydrogen-bond donors (Lipinski definition) is 2. The van der Waals surface area contributed by atoms with Gasteiger partial charge in [0.25, 0.3) is 0 Å². The van der Waals surface area contributed by atoms with Crippen LogP contribution in [0.3, 0.4) is 0 Å². The molecule has 5 nitrogen and oxygen atoms in total. The van der Waals surface area contributed by atoms with Gasteiger partial charge in [0, 0.05) is 10.6 Å². The number of thioether (sulfide) groups is 1. The molecular weight excluding hydrogens is 310 g/mol. The summed E-state index contributed by atoms with van der Waals surface area (Å²) in [5, 5.41) is 13.5. The van der Waals surface area contributed by atoms with E-state index in [2.05, 4.69) is 5.32 Å². The van der Waals surface area contributed by atoms with Gasteiger partial charge < -0.3 is 15.2 Å². The predicted octanol–water partition coefficient (Wildman–Crippen LogP) is 3.35. The molecule has 0 spiro atoms. The second kappa shape index (κ2) is 8.29. The van der Waals surface area contributed by atoms with Crippen LogP contribution in [0.25, 0.3) is 0 Å². The first-order chi connectivity index (χ1) is 9.78. The number of carboxylic acid groups (broad SMARTS) is 1. The summed E-state index contributed by atoms with van der Waals surface area (Å²) in [4.78, 5) is 24.0. The highest BCUT2D eigenvalue weighted by atomic mass is 32.2. The van der Waals surface area contributed by atoms with E-state index in [0.717, 1.165) is 5.75 Å². The van der Waals surface area contributed by atoms with Gasteiger partial charge in [0.05, 0.1) is 0 Å². The number of rotatable bonds is 7. The third kappa shape index (κ3) is 7.96. The van der Waals surface area contributed by atoms with E-state index >= 15 is 0 Å². The normalized spacial score (nSPS) is 12.7. The fraction of sp³-hybridized carbons (Fsp3) is 0.571. The average molecular weight is 331 g/mol. The minimum Gasteiger partial charge on any atom is -0.480 e. The molecular formula is C14H21NO4S2. The number of carbonyl (C=O) groups excluding carboxylic acids is 1. The lowest BCUT2D eigenvalue weighted by Crippen LogP contribution is -2.43. The van der Waals surface area contributed by atoms with Crippen LogP contribution in [0.5, 0.6) is 0 Å². The fourth-order valence-electron chi connectivity index (χ4n) is 1.48. The van der Waals surface area contributed by atoms with E-state index in [1.54, 1.807) is 43.9 Å². The van der Waals surface area contributed by atoms with Crippen molar-refractivity contribution in [2.24, 2.45) is 0 Å². The Morgan fingerprint density at radius 2 is 2.19 bits per heavy atom. The number of carboxylic acids is 1. The van der Waals surface area contributed by atoms with Gasteiger partial charge in [-0.15, -0.1) is 11.3 Å². The van der Waals surface area contributed by atoms with E-state index in [1.807, 2.05) is 17.5 Å².